The zero-order valence-corrected chi connectivity index (χ0v) is 9.57. The van der Waals surface area contributed by atoms with Gasteiger partial charge < -0.3 is 10.2 Å². The highest BCUT2D eigenvalue weighted by Crippen LogP contribution is 2.30. The Morgan fingerprint density at radius 1 is 1.27 bits per heavy atom. The lowest BCUT2D eigenvalue weighted by Crippen LogP contribution is -2.44. The second-order valence-corrected chi connectivity index (χ2v) is 5.15. The summed E-state index contributed by atoms with van der Waals surface area (Å²) in [6, 6.07) is 0. The summed E-state index contributed by atoms with van der Waals surface area (Å²) in [6.45, 7) is 4.33. The summed E-state index contributed by atoms with van der Waals surface area (Å²) in [5.74, 6) is 3.57. The maximum Gasteiger partial charge on any atom is 0.154 e. The van der Waals surface area contributed by atoms with Gasteiger partial charge in [-0.25, -0.2) is 0 Å². The van der Waals surface area contributed by atoms with Gasteiger partial charge in [-0.3, -0.25) is 5.10 Å². The van der Waals surface area contributed by atoms with Crippen molar-refractivity contribution in [2.45, 2.75) is 12.2 Å². The normalized spacial score (nSPS) is 21.5. The summed E-state index contributed by atoms with van der Waals surface area (Å²) >= 11 is 2.02. The first-order valence-corrected chi connectivity index (χ1v) is 6.70. The Labute approximate surface area is 93.8 Å². The number of aromatic nitrogens is 2. The van der Waals surface area contributed by atoms with Gasteiger partial charge in [-0.1, -0.05) is 0 Å². The van der Waals surface area contributed by atoms with E-state index in [2.05, 4.69) is 20.4 Å². The van der Waals surface area contributed by atoms with Crippen LogP contribution in [-0.4, -0.2) is 42.1 Å². The minimum absolute atomic E-state index is 1.08. The highest BCUT2D eigenvalue weighted by molar-refractivity contribution is 7.98. The summed E-state index contributed by atoms with van der Waals surface area (Å²) in [5, 5.41) is 11.1. The van der Waals surface area contributed by atoms with Gasteiger partial charge in [-0.15, -0.1) is 0 Å². The maximum absolute atomic E-state index is 4.48. The van der Waals surface area contributed by atoms with Crippen molar-refractivity contribution in [2.75, 3.05) is 36.8 Å². The van der Waals surface area contributed by atoms with E-state index in [4.69, 9.17) is 0 Å². The molecule has 0 amide bonds. The summed E-state index contributed by atoms with van der Waals surface area (Å²) in [4.78, 5) is 2.40. The molecule has 82 valence electrons. The predicted octanol–water partition coefficient (Wildman–Crippen LogP) is 0.609. The van der Waals surface area contributed by atoms with E-state index in [0.717, 1.165) is 38.4 Å². The quantitative estimate of drug-likeness (QED) is 0.733. The summed E-state index contributed by atoms with van der Waals surface area (Å²) in [6.07, 6.45) is 1.15. The number of nitrogens with one attached hydrogen (secondary N) is 2. The molecular weight excluding hydrogens is 208 g/mol. The fourth-order valence-electron chi connectivity index (χ4n) is 2.24. The standard InChI is InChI=1S/C10H16N4S/c1-6-15-7-8-9(1)12-13-10(8)14-4-2-11-3-5-14/h11H,1-7H2,(H,12,13). The lowest BCUT2D eigenvalue weighted by atomic mass is 10.2. The SMILES string of the molecule is C1CN(c2n[nH]c3c2CSCC3)CCN1. The van der Waals surface area contributed by atoms with Gasteiger partial charge in [0.15, 0.2) is 5.82 Å². The van der Waals surface area contributed by atoms with Crippen LogP contribution in [-0.2, 0) is 12.2 Å². The molecule has 4 nitrogen and oxygen atoms in total. The van der Waals surface area contributed by atoms with E-state index >= 15 is 0 Å². The van der Waals surface area contributed by atoms with Crippen LogP contribution in [0.15, 0.2) is 0 Å². The number of nitrogens with zero attached hydrogens (tertiary/aromatic N) is 2. The van der Waals surface area contributed by atoms with Crippen LogP contribution in [0.3, 0.4) is 0 Å². The first-order valence-electron chi connectivity index (χ1n) is 5.54. The molecule has 0 aliphatic carbocycles. The Kier molecular flexibility index (Phi) is 2.58. The van der Waals surface area contributed by atoms with Crippen LogP contribution in [0.1, 0.15) is 11.3 Å². The molecule has 0 saturated carbocycles. The fourth-order valence-corrected chi connectivity index (χ4v) is 3.24. The van der Waals surface area contributed by atoms with Gasteiger partial charge in [0, 0.05) is 43.2 Å². The van der Waals surface area contributed by atoms with Gasteiger partial charge in [0.25, 0.3) is 0 Å². The monoisotopic (exact) mass is 224 g/mol. The van der Waals surface area contributed by atoms with E-state index in [1.165, 1.54) is 22.8 Å². The molecule has 1 aromatic heterocycles. The number of thioether (sulfide) groups is 1. The van der Waals surface area contributed by atoms with Crippen molar-refractivity contribution in [3.63, 3.8) is 0 Å². The molecule has 1 saturated heterocycles. The van der Waals surface area contributed by atoms with Crippen molar-refractivity contribution in [2.24, 2.45) is 0 Å². The fraction of sp³-hybridized carbons (Fsp3) is 0.700. The number of anilines is 1. The van der Waals surface area contributed by atoms with Crippen molar-refractivity contribution in [1.82, 2.24) is 15.5 Å². The van der Waals surface area contributed by atoms with Crippen LogP contribution in [0, 0.1) is 0 Å². The van der Waals surface area contributed by atoms with E-state index in [9.17, 15) is 0 Å². The number of aryl methyl sites for hydroxylation is 1. The number of rotatable bonds is 1. The van der Waals surface area contributed by atoms with Gasteiger partial charge in [0.2, 0.25) is 0 Å². The van der Waals surface area contributed by atoms with Crippen molar-refractivity contribution in [3.8, 4) is 0 Å². The smallest absolute Gasteiger partial charge is 0.154 e. The molecule has 15 heavy (non-hydrogen) atoms. The molecule has 0 unspecified atom stereocenters. The minimum Gasteiger partial charge on any atom is -0.352 e. The Morgan fingerprint density at radius 2 is 2.13 bits per heavy atom. The van der Waals surface area contributed by atoms with E-state index in [-0.39, 0.29) is 0 Å². The Balaban J connectivity index is 1.87. The zero-order chi connectivity index (χ0) is 10.1. The van der Waals surface area contributed by atoms with Crippen molar-refractivity contribution < 1.29 is 0 Å². The molecule has 2 aliphatic rings. The zero-order valence-electron chi connectivity index (χ0n) is 8.75. The third-order valence-corrected chi connectivity index (χ3v) is 4.08. The van der Waals surface area contributed by atoms with Gasteiger partial charge in [0.05, 0.1) is 0 Å². The molecule has 0 radical (unpaired) electrons. The van der Waals surface area contributed by atoms with Crippen molar-refractivity contribution >= 4 is 17.6 Å². The molecule has 2 N–H and O–H groups in total. The Morgan fingerprint density at radius 3 is 3.00 bits per heavy atom. The van der Waals surface area contributed by atoms with Gasteiger partial charge in [0.1, 0.15) is 0 Å². The molecule has 1 fully saturated rings. The van der Waals surface area contributed by atoms with Crippen LogP contribution in [0.2, 0.25) is 0 Å². The van der Waals surface area contributed by atoms with Crippen LogP contribution < -0.4 is 10.2 Å². The number of hydrogen-bond donors (Lipinski definition) is 2. The number of aromatic amines is 1. The summed E-state index contributed by atoms with van der Waals surface area (Å²) in [7, 11) is 0. The lowest BCUT2D eigenvalue weighted by molar-refractivity contribution is 0.583. The molecule has 0 bridgehead atoms. The van der Waals surface area contributed by atoms with Crippen molar-refractivity contribution in [3.05, 3.63) is 11.3 Å². The molecule has 0 aromatic carbocycles. The van der Waals surface area contributed by atoms with E-state index < -0.39 is 0 Å². The highest BCUT2D eigenvalue weighted by atomic mass is 32.2. The Hall–Kier alpha value is -0.680. The second kappa shape index (κ2) is 4.06. The number of piperazine rings is 1. The van der Waals surface area contributed by atoms with Crippen LogP contribution in [0.25, 0.3) is 0 Å². The van der Waals surface area contributed by atoms with Gasteiger partial charge >= 0.3 is 0 Å². The molecule has 0 atom stereocenters. The van der Waals surface area contributed by atoms with Crippen LogP contribution in [0.4, 0.5) is 5.82 Å². The van der Waals surface area contributed by atoms with Gasteiger partial charge in [-0.2, -0.15) is 16.9 Å². The van der Waals surface area contributed by atoms with E-state index in [1.54, 1.807) is 0 Å². The lowest BCUT2D eigenvalue weighted by Gasteiger charge is -2.28. The maximum atomic E-state index is 4.48. The average Bonchev–Trinajstić information content (AvgIpc) is 2.74. The molecule has 0 spiro atoms. The second-order valence-electron chi connectivity index (χ2n) is 4.04. The highest BCUT2D eigenvalue weighted by Gasteiger charge is 2.22. The van der Waals surface area contributed by atoms with E-state index in [0.29, 0.717) is 0 Å². The molecule has 1 aromatic rings. The summed E-state index contributed by atoms with van der Waals surface area (Å²) < 4.78 is 0. The molecule has 5 heteroatoms. The number of fused-ring (bicyclic) bond motifs is 1. The van der Waals surface area contributed by atoms with E-state index in [1.807, 2.05) is 11.8 Å². The number of H-pyrrole nitrogens is 1. The average molecular weight is 224 g/mol. The third kappa shape index (κ3) is 1.74. The predicted molar refractivity (Wildman–Crippen MR) is 63.5 cm³/mol. The van der Waals surface area contributed by atoms with Crippen molar-refractivity contribution in [1.29, 1.82) is 0 Å². The molecule has 3 rings (SSSR count). The Bertz CT molecular complexity index is 343. The largest absolute Gasteiger partial charge is 0.352 e. The minimum atomic E-state index is 1.08. The summed E-state index contributed by atoms with van der Waals surface area (Å²) in [5.41, 5.74) is 2.82. The van der Waals surface area contributed by atoms with Gasteiger partial charge in [-0.05, 0) is 12.2 Å². The first-order chi connectivity index (χ1) is 7.45. The molecule has 3 heterocycles. The molecular formula is C10H16N4S. The van der Waals surface area contributed by atoms with Crippen LogP contribution in [0.5, 0.6) is 0 Å². The number of hydrogen-bond acceptors (Lipinski definition) is 4. The topological polar surface area (TPSA) is 44.0 Å². The van der Waals surface area contributed by atoms with Crippen LogP contribution >= 0.6 is 11.8 Å². The first kappa shape index (κ1) is 9.54. The molecule has 2 aliphatic heterocycles. The third-order valence-electron chi connectivity index (χ3n) is 3.09.